The highest BCUT2D eigenvalue weighted by atomic mass is 79.9. The van der Waals surface area contributed by atoms with E-state index in [9.17, 15) is 0 Å². The van der Waals surface area contributed by atoms with E-state index in [1.165, 1.54) is 44.9 Å². The standard InChI is InChI=1S/C16H21Br2NO/c17-12-4-5-14(18)15(10-12)19-11-13-6-9-16(20-13)7-2-1-3-8-16/h4-5,10,13,19H,1-3,6-9,11H2. The molecule has 3 rings (SSSR count). The summed E-state index contributed by atoms with van der Waals surface area (Å²) in [5, 5.41) is 3.52. The molecule has 2 aliphatic rings. The van der Waals surface area contributed by atoms with Crippen molar-refractivity contribution in [1.29, 1.82) is 0 Å². The normalized spacial score (nSPS) is 25.0. The fraction of sp³-hybridized carbons (Fsp3) is 0.625. The molecule has 110 valence electrons. The predicted octanol–water partition coefficient (Wildman–Crippen LogP) is 5.51. The molecule has 0 radical (unpaired) electrons. The molecule has 1 saturated heterocycles. The van der Waals surface area contributed by atoms with Crippen LogP contribution in [0.2, 0.25) is 0 Å². The first kappa shape index (κ1) is 14.9. The van der Waals surface area contributed by atoms with Crippen LogP contribution in [0, 0.1) is 0 Å². The minimum absolute atomic E-state index is 0.221. The van der Waals surface area contributed by atoms with Crippen LogP contribution in [-0.4, -0.2) is 18.2 Å². The smallest absolute Gasteiger partial charge is 0.0756 e. The Hall–Kier alpha value is -0.0600. The summed E-state index contributed by atoms with van der Waals surface area (Å²) in [4.78, 5) is 0. The Labute approximate surface area is 137 Å². The molecule has 1 heterocycles. The van der Waals surface area contributed by atoms with Gasteiger partial charge in [-0.2, -0.15) is 0 Å². The molecular weight excluding hydrogens is 382 g/mol. The molecule has 4 heteroatoms. The van der Waals surface area contributed by atoms with Crippen LogP contribution >= 0.6 is 31.9 Å². The average Bonchev–Trinajstić information content (AvgIpc) is 2.84. The Morgan fingerprint density at radius 2 is 1.95 bits per heavy atom. The van der Waals surface area contributed by atoms with Crippen molar-refractivity contribution in [2.45, 2.75) is 56.7 Å². The quantitative estimate of drug-likeness (QED) is 0.719. The van der Waals surface area contributed by atoms with Crippen molar-refractivity contribution >= 4 is 37.5 Å². The molecule has 0 bridgehead atoms. The molecule has 1 unspecified atom stereocenters. The van der Waals surface area contributed by atoms with E-state index in [2.05, 4.69) is 49.3 Å². The third kappa shape index (κ3) is 3.40. The molecule has 1 atom stereocenters. The predicted molar refractivity (Wildman–Crippen MR) is 90.3 cm³/mol. The first-order valence-electron chi connectivity index (χ1n) is 7.54. The molecular formula is C16H21Br2NO. The summed E-state index contributed by atoms with van der Waals surface area (Å²) < 4.78 is 8.59. The van der Waals surface area contributed by atoms with E-state index < -0.39 is 0 Å². The molecule has 1 aromatic carbocycles. The van der Waals surface area contributed by atoms with Gasteiger partial charge in [0.1, 0.15) is 0 Å². The van der Waals surface area contributed by atoms with Crippen LogP contribution in [0.5, 0.6) is 0 Å². The number of halogens is 2. The molecule has 1 aromatic rings. The van der Waals surface area contributed by atoms with Crippen LogP contribution in [0.25, 0.3) is 0 Å². The Bertz CT molecular complexity index is 472. The molecule has 1 aliphatic heterocycles. The van der Waals surface area contributed by atoms with E-state index in [-0.39, 0.29) is 5.60 Å². The molecule has 1 aliphatic carbocycles. The summed E-state index contributed by atoms with van der Waals surface area (Å²) in [6, 6.07) is 6.21. The van der Waals surface area contributed by atoms with E-state index in [4.69, 9.17) is 4.74 Å². The van der Waals surface area contributed by atoms with E-state index in [1.54, 1.807) is 0 Å². The van der Waals surface area contributed by atoms with Gasteiger partial charge in [-0.1, -0.05) is 35.2 Å². The Morgan fingerprint density at radius 3 is 2.75 bits per heavy atom. The van der Waals surface area contributed by atoms with Crippen molar-refractivity contribution in [2.24, 2.45) is 0 Å². The lowest BCUT2D eigenvalue weighted by Crippen LogP contribution is -2.33. The molecule has 2 nitrogen and oxygen atoms in total. The number of hydrogen-bond donors (Lipinski definition) is 1. The molecule has 0 aromatic heterocycles. The number of ether oxygens (including phenoxy) is 1. The van der Waals surface area contributed by atoms with Crippen molar-refractivity contribution in [3.05, 3.63) is 27.1 Å². The third-order valence-corrected chi connectivity index (χ3v) is 5.74. The fourth-order valence-corrected chi connectivity index (χ4v) is 4.21. The van der Waals surface area contributed by atoms with Gasteiger partial charge in [0, 0.05) is 21.2 Å². The highest BCUT2D eigenvalue weighted by Gasteiger charge is 2.40. The van der Waals surface area contributed by atoms with Gasteiger partial charge in [-0.25, -0.2) is 0 Å². The molecule has 1 spiro atoms. The second-order valence-corrected chi connectivity index (χ2v) is 7.80. The highest BCUT2D eigenvalue weighted by molar-refractivity contribution is 9.11. The number of nitrogens with one attached hydrogen (secondary N) is 1. The number of benzene rings is 1. The Morgan fingerprint density at radius 1 is 1.15 bits per heavy atom. The van der Waals surface area contributed by atoms with E-state index >= 15 is 0 Å². The minimum Gasteiger partial charge on any atom is -0.381 e. The molecule has 1 saturated carbocycles. The summed E-state index contributed by atoms with van der Waals surface area (Å²) in [5.74, 6) is 0. The second kappa shape index (κ2) is 6.37. The number of anilines is 1. The van der Waals surface area contributed by atoms with Crippen molar-refractivity contribution in [3.8, 4) is 0 Å². The SMILES string of the molecule is Brc1ccc(Br)c(NCC2CCC3(CCCCC3)O2)c1. The van der Waals surface area contributed by atoms with Gasteiger partial charge in [0.05, 0.1) is 11.7 Å². The van der Waals surface area contributed by atoms with Crippen molar-refractivity contribution in [1.82, 2.24) is 0 Å². The first-order valence-corrected chi connectivity index (χ1v) is 9.12. The molecule has 20 heavy (non-hydrogen) atoms. The summed E-state index contributed by atoms with van der Waals surface area (Å²) in [6.45, 7) is 0.900. The van der Waals surface area contributed by atoms with Crippen LogP contribution in [-0.2, 0) is 4.74 Å². The zero-order chi connectivity index (χ0) is 14.0. The minimum atomic E-state index is 0.221. The van der Waals surface area contributed by atoms with Gasteiger partial charge in [-0.3, -0.25) is 0 Å². The summed E-state index contributed by atoms with van der Waals surface area (Å²) >= 11 is 7.10. The number of rotatable bonds is 3. The maximum atomic E-state index is 6.39. The summed E-state index contributed by atoms with van der Waals surface area (Å²) in [6.07, 6.45) is 9.42. The van der Waals surface area contributed by atoms with Crippen molar-refractivity contribution < 1.29 is 4.74 Å². The highest BCUT2D eigenvalue weighted by Crippen LogP contribution is 2.42. The van der Waals surface area contributed by atoms with Crippen LogP contribution in [0.4, 0.5) is 5.69 Å². The summed E-state index contributed by atoms with van der Waals surface area (Å²) in [7, 11) is 0. The van der Waals surface area contributed by atoms with Crippen LogP contribution in [0.3, 0.4) is 0 Å². The summed E-state index contributed by atoms with van der Waals surface area (Å²) in [5.41, 5.74) is 1.35. The lowest BCUT2D eigenvalue weighted by atomic mass is 9.83. The lowest BCUT2D eigenvalue weighted by molar-refractivity contribution is -0.0588. The molecule has 0 amide bonds. The van der Waals surface area contributed by atoms with E-state index in [1.807, 2.05) is 6.07 Å². The Kier molecular flexibility index (Phi) is 4.73. The van der Waals surface area contributed by atoms with Crippen LogP contribution in [0.15, 0.2) is 27.1 Å². The zero-order valence-electron chi connectivity index (χ0n) is 11.6. The van der Waals surface area contributed by atoms with Gasteiger partial charge in [-0.05, 0) is 59.8 Å². The third-order valence-electron chi connectivity index (χ3n) is 4.55. The first-order chi connectivity index (χ1) is 9.67. The maximum absolute atomic E-state index is 6.39. The monoisotopic (exact) mass is 401 g/mol. The van der Waals surface area contributed by atoms with Gasteiger partial charge in [0.15, 0.2) is 0 Å². The average molecular weight is 403 g/mol. The fourth-order valence-electron chi connectivity index (χ4n) is 3.46. The van der Waals surface area contributed by atoms with Crippen molar-refractivity contribution in [2.75, 3.05) is 11.9 Å². The largest absolute Gasteiger partial charge is 0.381 e. The topological polar surface area (TPSA) is 21.3 Å². The Balaban J connectivity index is 1.56. The maximum Gasteiger partial charge on any atom is 0.0756 e. The van der Waals surface area contributed by atoms with Gasteiger partial charge < -0.3 is 10.1 Å². The van der Waals surface area contributed by atoms with E-state index in [0.717, 1.165) is 21.2 Å². The zero-order valence-corrected chi connectivity index (χ0v) is 14.8. The number of hydrogen-bond acceptors (Lipinski definition) is 2. The van der Waals surface area contributed by atoms with Gasteiger partial charge >= 0.3 is 0 Å². The van der Waals surface area contributed by atoms with Gasteiger partial charge in [0.2, 0.25) is 0 Å². The van der Waals surface area contributed by atoms with Gasteiger partial charge in [0.25, 0.3) is 0 Å². The lowest BCUT2D eigenvalue weighted by Gasteiger charge is -2.33. The van der Waals surface area contributed by atoms with Crippen LogP contribution in [0.1, 0.15) is 44.9 Å². The molecule has 2 fully saturated rings. The second-order valence-electron chi connectivity index (χ2n) is 6.03. The van der Waals surface area contributed by atoms with Gasteiger partial charge in [-0.15, -0.1) is 0 Å². The van der Waals surface area contributed by atoms with Crippen LogP contribution < -0.4 is 5.32 Å². The molecule has 1 N–H and O–H groups in total. The van der Waals surface area contributed by atoms with Crippen molar-refractivity contribution in [3.63, 3.8) is 0 Å². The van der Waals surface area contributed by atoms with E-state index in [0.29, 0.717) is 6.10 Å².